The number of rotatable bonds is 6. The maximum absolute atomic E-state index is 12.0. The zero-order valence-electron chi connectivity index (χ0n) is 13.0. The molecule has 0 aliphatic rings. The SMILES string of the molecule is CCN(CC)c1cccc(NC(=O)NCc2ccncc2)c1. The van der Waals surface area contributed by atoms with Gasteiger partial charge in [-0.15, -0.1) is 0 Å². The molecular formula is C17H22N4O. The highest BCUT2D eigenvalue weighted by atomic mass is 16.2. The first-order valence-corrected chi connectivity index (χ1v) is 7.51. The summed E-state index contributed by atoms with van der Waals surface area (Å²) in [5.41, 5.74) is 2.91. The van der Waals surface area contributed by atoms with Gasteiger partial charge in [0.25, 0.3) is 0 Å². The molecular weight excluding hydrogens is 276 g/mol. The van der Waals surface area contributed by atoms with Crippen molar-refractivity contribution in [1.29, 1.82) is 0 Å². The van der Waals surface area contributed by atoms with Crippen LogP contribution in [0.2, 0.25) is 0 Å². The van der Waals surface area contributed by atoms with Crippen LogP contribution < -0.4 is 15.5 Å². The molecule has 1 aromatic carbocycles. The molecule has 0 aliphatic carbocycles. The van der Waals surface area contributed by atoms with Crippen LogP contribution in [-0.2, 0) is 6.54 Å². The van der Waals surface area contributed by atoms with E-state index in [4.69, 9.17) is 0 Å². The Balaban J connectivity index is 1.92. The van der Waals surface area contributed by atoms with E-state index in [1.54, 1.807) is 12.4 Å². The van der Waals surface area contributed by atoms with Crippen molar-refractivity contribution in [3.63, 3.8) is 0 Å². The number of aromatic nitrogens is 1. The molecule has 116 valence electrons. The molecule has 1 aromatic heterocycles. The smallest absolute Gasteiger partial charge is 0.319 e. The van der Waals surface area contributed by atoms with Crippen LogP contribution in [0.5, 0.6) is 0 Å². The third kappa shape index (κ3) is 4.48. The van der Waals surface area contributed by atoms with Gasteiger partial charge in [0.05, 0.1) is 0 Å². The molecule has 0 saturated carbocycles. The monoisotopic (exact) mass is 298 g/mol. The lowest BCUT2D eigenvalue weighted by Gasteiger charge is -2.21. The summed E-state index contributed by atoms with van der Waals surface area (Å²) in [7, 11) is 0. The number of urea groups is 1. The molecule has 2 aromatic rings. The average molecular weight is 298 g/mol. The van der Waals surface area contributed by atoms with E-state index in [0.29, 0.717) is 6.54 Å². The van der Waals surface area contributed by atoms with Gasteiger partial charge < -0.3 is 15.5 Å². The highest BCUT2D eigenvalue weighted by molar-refractivity contribution is 5.89. The molecule has 0 atom stereocenters. The number of nitrogens with one attached hydrogen (secondary N) is 2. The topological polar surface area (TPSA) is 57.3 Å². The standard InChI is InChI=1S/C17H22N4O/c1-3-21(4-2)16-7-5-6-15(12-16)20-17(22)19-13-14-8-10-18-11-9-14/h5-12H,3-4,13H2,1-2H3,(H2,19,20,22). The van der Waals surface area contributed by atoms with Gasteiger partial charge in [0, 0.05) is 43.4 Å². The Morgan fingerprint density at radius 1 is 1.14 bits per heavy atom. The summed E-state index contributed by atoms with van der Waals surface area (Å²) in [6.45, 7) is 6.59. The third-order valence-corrected chi connectivity index (χ3v) is 3.44. The molecule has 22 heavy (non-hydrogen) atoms. The molecule has 5 nitrogen and oxygen atoms in total. The van der Waals surface area contributed by atoms with Crippen LogP contribution in [0.1, 0.15) is 19.4 Å². The highest BCUT2D eigenvalue weighted by Gasteiger charge is 2.05. The van der Waals surface area contributed by atoms with Gasteiger partial charge in [-0.05, 0) is 49.7 Å². The maximum atomic E-state index is 12.0. The molecule has 2 N–H and O–H groups in total. The number of nitrogens with zero attached hydrogens (tertiary/aromatic N) is 2. The van der Waals surface area contributed by atoms with E-state index in [1.807, 2.05) is 36.4 Å². The molecule has 1 heterocycles. The van der Waals surface area contributed by atoms with Crippen LogP contribution in [-0.4, -0.2) is 24.1 Å². The van der Waals surface area contributed by atoms with E-state index < -0.39 is 0 Å². The average Bonchev–Trinajstić information content (AvgIpc) is 2.55. The van der Waals surface area contributed by atoms with Crippen molar-refractivity contribution in [2.24, 2.45) is 0 Å². The quantitative estimate of drug-likeness (QED) is 0.860. The van der Waals surface area contributed by atoms with E-state index in [-0.39, 0.29) is 6.03 Å². The van der Waals surface area contributed by atoms with Gasteiger partial charge in [-0.25, -0.2) is 4.79 Å². The predicted molar refractivity (Wildman–Crippen MR) is 90.1 cm³/mol. The van der Waals surface area contributed by atoms with Crippen molar-refractivity contribution < 1.29 is 4.79 Å². The van der Waals surface area contributed by atoms with E-state index in [0.717, 1.165) is 30.0 Å². The first-order valence-electron chi connectivity index (χ1n) is 7.51. The number of hydrogen-bond donors (Lipinski definition) is 2. The Morgan fingerprint density at radius 2 is 1.86 bits per heavy atom. The number of carbonyl (C=O) groups is 1. The fourth-order valence-electron chi connectivity index (χ4n) is 2.23. The summed E-state index contributed by atoms with van der Waals surface area (Å²) in [4.78, 5) is 18.1. The van der Waals surface area contributed by atoms with Gasteiger partial charge in [0.2, 0.25) is 0 Å². The maximum Gasteiger partial charge on any atom is 0.319 e. The first-order chi connectivity index (χ1) is 10.7. The normalized spacial score (nSPS) is 10.1. The third-order valence-electron chi connectivity index (χ3n) is 3.44. The lowest BCUT2D eigenvalue weighted by atomic mass is 10.2. The highest BCUT2D eigenvalue weighted by Crippen LogP contribution is 2.19. The van der Waals surface area contributed by atoms with E-state index >= 15 is 0 Å². The fraction of sp³-hybridized carbons (Fsp3) is 0.294. The molecule has 0 spiro atoms. The zero-order chi connectivity index (χ0) is 15.8. The Morgan fingerprint density at radius 3 is 2.55 bits per heavy atom. The molecule has 0 saturated heterocycles. The summed E-state index contributed by atoms with van der Waals surface area (Å²) in [6, 6.07) is 11.4. The number of benzene rings is 1. The van der Waals surface area contributed by atoms with Gasteiger partial charge in [-0.3, -0.25) is 4.98 Å². The molecule has 0 radical (unpaired) electrons. The summed E-state index contributed by atoms with van der Waals surface area (Å²) in [5.74, 6) is 0. The molecule has 0 bridgehead atoms. The van der Waals surface area contributed by atoms with Gasteiger partial charge >= 0.3 is 6.03 Å². The van der Waals surface area contributed by atoms with Crippen molar-refractivity contribution >= 4 is 17.4 Å². The van der Waals surface area contributed by atoms with Crippen molar-refractivity contribution in [2.45, 2.75) is 20.4 Å². The minimum atomic E-state index is -0.214. The number of carbonyl (C=O) groups excluding carboxylic acids is 1. The van der Waals surface area contributed by atoms with Crippen LogP contribution in [0.25, 0.3) is 0 Å². The van der Waals surface area contributed by atoms with Crippen molar-refractivity contribution in [3.8, 4) is 0 Å². The minimum absolute atomic E-state index is 0.214. The molecule has 0 aliphatic heterocycles. The molecule has 2 rings (SSSR count). The zero-order valence-corrected chi connectivity index (χ0v) is 13.0. The van der Waals surface area contributed by atoms with Gasteiger partial charge in [-0.2, -0.15) is 0 Å². The summed E-state index contributed by atoms with van der Waals surface area (Å²) in [6.07, 6.45) is 3.42. The van der Waals surface area contributed by atoms with E-state index in [2.05, 4.69) is 34.4 Å². The van der Waals surface area contributed by atoms with Crippen molar-refractivity contribution in [1.82, 2.24) is 10.3 Å². The van der Waals surface area contributed by atoms with E-state index in [1.165, 1.54) is 0 Å². The Bertz CT molecular complexity index is 597. The second-order valence-corrected chi connectivity index (χ2v) is 4.89. The minimum Gasteiger partial charge on any atom is -0.372 e. The van der Waals surface area contributed by atoms with Crippen LogP contribution in [0, 0.1) is 0 Å². The number of anilines is 2. The van der Waals surface area contributed by atoms with Crippen LogP contribution >= 0.6 is 0 Å². The number of amides is 2. The Labute approximate surface area is 131 Å². The largest absolute Gasteiger partial charge is 0.372 e. The molecule has 0 fully saturated rings. The lowest BCUT2D eigenvalue weighted by Crippen LogP contribution is -2.28. The summed E-state index contributed by atoms with van der Waals surface area (Å²) in [5, 5.41) is 5.70. The lowest BCUT2D eigenvalue weighted by molar-refractivity contribution is 0.251. The van der Waals surface area contributed by atoms with Crippen molar-refractivity contribution in [3.05, 3.63) is 54.4 Å². The number of hydrogen-bond acceptors (Lipinski definition) is 3. The molecule has 5 heteroatoms. The second kappa shape index (κ2) is 8.02. The van der Waals surface area contributed by atoms with E-state index in [9.17, 15) is 4.79 Å². The second-order valence-electron chi connectivity index (χ2n) is 4.89. The molecule has 0 unspecified atom stereocenters. The van der Waals surface area contributed by atoms with Gasteiger partial charge in [0.1, 0.15) is 0 Å². The summed E-state index contributed by atoms with van der Waals surface area (Å²) < 4.78 is 0. The Hall–Kier alpha value is -2.56. The van der Waals surface area contributed by atoms with Gasteiger partial charge in [0.15, 0.2) is 0 Å². The van der Waals surface area contributed by atoms with Crippen LogP contribution in [0.4, 0.5) is 16.2 Å². The van der Waals surface area contributed by atoms with Crippen LogP contribution in [0.3, 0.4) is 0 Å². The Kier molecular flexibility index (Phi) is 5.77. The predicted octanol–water partition coefficient (Wildman–Crippen LogP) is 3.25. The molecule has 2 amide bonds. The first kappa shape index (κ1) is 15.8. The fourth-order valence-corrected chi connectivity index (χ4v) is 2.23. The number of pyridine rings is 1. The van der Waals surface area contributed by atoms with Gasteiger partial charge in [-0.1, -0.05) is 6.07 Å². The summed E-state index contributed by atoms with van der Waals surface area (Å²) >= 11 is 0. The van der Waals surface area contributed by atoms with Crippen LogP contribution in [0.15, 0.2) is 48.8 Å². The van der Waals surface area contributed by atoms with Crippen molar-refractivity contribution in [2.75, 3.05) is 23.3 Å².